The fraction of sp³-hybridized carbons (Fsp3) is 0.190. The molecule has 3 aromatic rings. The van der Waals surface area contributed by atoms with E-state index in [4.69, 9.17) is 0 Å². The van der Waals surface area contributed by atoms with Gasteiger partial charge in [-0.3, -0.25) is 4.79 Å². The highest BCUT2D eigenvalue weighted by Crippen LogP contribution is 2.20. The lowest BCUT2D eigenvalue weighted by atomic mass is 10.0. The second-order valence-electron chi connectivity index (χ2n) is 6.61. The Morgan fingerprint density at radius 1 is 1.00 bits per heavy atom. The van der Waals surface area contributed by atoms with Crippen LogP contribution in [0.1, 0.15) is 23.6 Å². The molecule has 28 heavy (non-hydrogen) atoms. The number of fused-ring (bicyclic) bond motifs is 1. The molecule has 146 valence electrons. The van der Waals surface area contributed by atoms with Crippen molar-refractivity contribution < 1.29 is 17.6 Å². The van der Waals surface area contributed by atoms with Crippen molar-refractivity contribution in [3.05, 3.63) is 83.7 Å². The van der Waals surface area contributed by atoms with Gasteiger partial charge in [0.1, 0.15) is 5.82 Å². The summed E-state index contributed by atoms with van der Waals surface area (Å²) >= 11 is 0. The molecular formula is C21H21FN2O3S. The largest absolute Gasteiger partial charge is 0.352 e. The third kappa shape index (κ3) is 5.37. The maximum atomic E-state index is 13.2. The third-order valence-electron chi connectivity index (χ3n) is 4.37. The second kappa shape index (κ2) is 8.50. The number of rotatable bonds is 7. The van der Waals surface area contributed by atoms with Gasteiger partial charge in [0, 0.05) is 13.0 Å². The first-order valence-electron chi connectivity index (χ1n) is 8.78. The van der Waals surface area contributed by atoms with Crippen LogP contribution in [0.25, 0.3) is 10.8 Å². The summed E-state index contributed by atoms with van der Waals surface area (Å²) in [7, 11) is -3.55. The number of amides is 1. The molecule has 0 aromatic heterocycles. The molecule has 0 aliphatic carbocycles. The normalized spacial score (nSPS) is 12.6. The standard InChI is InChI=1S/C21H21FN2O3S/c1-28(26,27)24-20(16-9-11-18(22)12-10-16)13-21(25)23-14-17-7-4-6-15-5-2-3-8-19(15)17/h2-12,20,24H,13-14H2,1H3,(H,23,25)/t20-/m0/s1. The summed E-state index contributed by atoms with van der Waals surface area (Å²) in [4.78, 5) is 12.5. The monoisotopic (exact) mass is 400 g/mol. The molecular weight excluding hydrogens is 379 g/mol. The Hall–Kier alpha value is -2.77. The fourth-order valence-corrected chi connectivity index (χ4v) is 3.82. The van der Waals surface area contributed by atoms with E-state index in [1.807, 2.05) is 42.5 Å². The van der Waals surface area contributed by atoms with Crippen LogP contribution in [0.15, 0.2) is 66.7 Å². The van der Waals surface area contributed by atoms with Gasteiger partial charge in [0.25, 0.3) is 0 Å². The minimum Gasteiger partial charge on any atom is -0.352 e. The van der Waals surface area contributed by atoms with Gasteiger partial charge in [-0.15, -0.1) is 0 Å². The molecule has 0 radical (unpaired) electrons. The van der Waals surface area contributed by atoms with E-state index in [0.717, 1.165) is 22.6 Å². The van der Waals surface area contributed by atoms with Gasteiger partial charge in [0.2, 0.25) is 15.9 Å². The van der Waals surface area contributed by atoms with Crippen molar-refractivity contribution in [1.82, 2.24) is 10.0 Å². The molecule has 0 unspecified atom stereocenters. The average Bonchev–Trinajstić information content (AvgIpc) is 2.65. The number of nitrogens with one attached hydrogen (secondary N) is 2. The van der Waals surface area contributed by atoms with Gasteiger partial charge in [0.05, 0.1) is 12.3 Å². The molecule has 0 bridgehead atoms. The highest BCUT2D eigenvalue weighted by atomic mass is 32.2. The summed E-state index contributed by atoms with van der Waals surface area (Å²) in [5.41, 5.74) is 1.49. The molecule has 3 rings (SSSR count). The van der Waals surface area contributed by atoms with Crippen molar-refractivity contribution in [3.8, 4) is 0 Å². The van der Waals surface area contributed by atoms with Crippen LogP contribution in [0.5, 0.6) is 0 Å². The van der Waals surface area contributed by atoms with Crippen LogP contribution in [-0.2, 0) is 21.4 Å². The summed E-state index contributed by atoms with van der Waals surface area (Å²) < 4.78 is 39.0. The predicted octanol–water partition coefficient (Wildman–Crippen LogP) is 3.28. The third-order valence-corrected chi connectivity index (χ3v) is 5.09. The summed E-state index contributed by atoms with van der Waals surface area (Å²) in [6, 6.07) is 18.4. The van der Waals surface area contributed by atoms with E-state index < -0.39 is 21.9 Å². The minimum atomic E-state index is -3.55. The van der Waals surface area contributed by atoms with Crippen LogP contribution in [0, 0.1) is 5.82 Å². The summed E-state index contributed by atoms with van der Waals surface area (Å²) in [5.74, 6) is -0.735. The van der Waals surface area contributed by atoms with E-state index >= 15 is 0 Å². The van der Waals surface area contributed by atoms with Crippen LogP contribution in [-0.4, -0.2) is 20.6 Å². The van der Waals surface area contributed by atoms with Crippen molar-refractivity contribution in [3.63, 3.8) is 0 Å². The smallest absolute Gasteiger partial charge is 0.222 e. The molecule has 0 fully saturated rings. The Morgan fingerprint density at radius 3 is 2.39 bits per heavy atom. The number of hydrogen-bond donors (Lipinski definition) is 2. The maximum Gasteiger partial charge on any atom is 0.222 e. The first-order chi connectivity index (χ1) is 13.3. The molecule has 0 aliphatic rings. The molecule has 5 nitrogen and oxygen atoms in total. The van der Waals surface area contributed by atoms with Gasteiger partial charge >= 0.3 is 0 Å². The van der Waals surface area contributed by atoms with E-state index in [0.29, 0.717) is 12.1 Å². The minimum absolute atomic E-state index is 0.0938. The maximum absolute atomic E-state index is 13.2. The summed E-state index contributed by atoms with van der Waals surface area (Å²) in [6.45, 7) is 0.329. The van der Waals surface area contributed by atoms with E-state index in [1.165, 1.54) is 24.3 Å². The zero-order chi connectivity index (χ0) is 20.1. The SMILES string of the molecule is CS(=O)(=O)N[C@@H](CC(=O)NCc1cccc2ccccc12)c1ccc(F)cc1. The molecule has 0 saturated heterocycles. The topological polar surface area (TPSA) is 75.3 Å². The van der Waals surface area contributed by atoms with Crippen LogP contribution < -0.4 is 10.0 Å². The highest BCUT2D eigenvalue weighted by molar-refractivity contribution is 7.88. The summed E-state index contributed by atoms with van der Waals surface area (Å²) in [6.07, 6.45) is 0.932. The summed E-state index contributed by atoms with van der Waals surface area (Å²) in [5, 5.41) is 4.97. The quantitative estimate of drug-likeness (QED) is 0.639. The number of hydrogen-bond acceptors (Lipinski definition) is 3. The number of benzene rings is 3. The zero-order valence-corrected chi connectivity index (χ0v) is 16.2. The fourth-order valence-electron chi connectivity index (χ4n) is 3.08. The first-order valence-corrected chi connectivity index (χ1v) is 10.7. The number of sulfonamides is 1. The van der Waals surface area contributed by atoms with Crippen LogP contribution >= 0.6 is 0 Å². The Kier molecular flexibility index (Phi) is 6.06. The highest BCUT2D eigenvalue weighted by Gasteiger charge is 2.20. The van der Waals surface area contributed by atoms with Crippen LogP contribution in [0.2, 0.25) is 0 Å². The molecule has 0 saturated carbocycles. The van der Waals surface area contributed by atoms with Gasteiger partial charge in [-0.2, -0.15) is 0 Å². The van der Waals surface area contributed by atoms with Crippen molar-refractivity contribution in [2.75, 3.05) is 6.26 Å². The number of halogens is 1. The van der Waals surface area contributed by atoms with E-state index in [2.05, 4.69) is 10.0 Å². The molecule has 0 heterocycles. The molecule has 2 N–H and O–H groups in total. The molecule has 0 spiro atoms. The lowest BCUT2D eigenvalue weighted by Crippen LogP contribution is -2.33. The van der Waals surface area contributed by atoms with E-state index in [-0.39, 0.29) is 12.3 Å². The van der Waals surface area contributed by atoms with Gasteiger partial charge in [-0.1, -0.05) is 54.6 Å². The van der Waals surface area contributed by atoms with Crippen molar-refractivity contribution in [1.29, 1.82) is 0 Å². The Bertz CT molecular complexity index is 1080. The lowest BCUT2D eigenvalue weighted by molar-refractivity contribution is -0.121. The first kappa shape index (κ1) is 20.0. The van der Waals surface area contributed by atoms with E-state index in [1.54, 1.807) is 0 Å². The van der Waals surface area contributed by atoms with Crippen molar-refractivity contribution in [2.45, 2.75) is 19.0 Å². The van der Waals surface area contributed by atoms with E-state index in [9.17, 15) is 17.6 Å². The zero-order valence-electron chi connectivity index (χ0n) is 15.4. The Labute approximate surface area is 163 Å². The number of carbonyl (C=O) groups excluding carboxylic acids is 1. The average molecular weight is 400 g/mol. The lowest BCUT2D eigenvalue weighted by Gasteiger charge is -2.18. The number of carbonyl (C=O) groups is 1. The molecule has 1 amide bonds. The predicted molar refractivity (Wildman–Crippen MR) is 108 cm³/mol. The molecule has 0 aliphatic heterocycles. The van der Waals surface area contributed by atoms with Gasteiger partial charge in [0.15, 0.2) is 0 Å². The van der Waals surface area contributed by atoms with Crippen LogP contribution in [0.3, 0.4) is 0 Å². The Morgan fingerprint density at radius 2 is 1.68 bits per heavy atom. The second-order valence-corrected chi connectivity index (χ2v) is 8.39. The van der Waals surface area contributed by atoms with Gasteiger partial charge in [-0.25, -0.2) is 17.5 Å². The van der Waals surface area contributed by atoms with Crippen molar-refractivity contribution in [2.24, 2.45) is 0 Å². The van der Waals surface area contributed by atoms with Gasteiger partial charge < -0.3 is 5.32 Å². The molecule has 7 heteroatoms. The molecule has 1 atom stereocenters. The molecule has 3 aromatic carbocycles. The van der Waals surface area contributed by atoms with Gasteiger partial charge in [-0.05, 0) is 34.0 Å². The Balaban J connectivity index is 1.72. The van der Waals surface area contributed by atoms with Crippen molar-refractivity contribution >= 4 is 26.7 Å². The van der Waals surface area contributed by atoms with Crippen LogP contribution in [0.4, 0.5) is 4.39 Å².